The molecule has 0 radical (unpaired) electrons. The fraction of sp³-hybridized carbons (Fsp3) is 0.407. The van der Waals surface area contributed by atoms with Crippen molar-refractivity contribution >= 4 is 11.6 Å². The minimum absolute atomic E-state index is 0.0746. The molecule has 2 aliphatic carbocycles. The second-order valence-electron chi connectivity index (χ2n) is 9.99. The van der Waals surface area contributed by atoms with E-state index in [-0.39, 0.29) is 42.1 Å². The molecule has 2 saturated carbocycles. The smallest absolute Gasteiger partial charge is 0.258 e. The number of alkyl halides is 2. The van der Waals surface area contributed by atoms with Gasteiger partial charge in [-0.1, -0.05) is 32.0 Å². The molecule has 1 aromatic carbocycles. The average Bonchev–Trinajstić information content (AvgIpc) is 3.33. The molecule has 5 rings (SSSR count). The fourth-order valence-electron chi connectivity index (χ4n) is 5.55. The highest BCUT2D eigenvalue weighted by Crippen LogP contribution is 2.56. The number of nitrogens with one attached hydrogen (secondary N) is 1. The lowest BCUT2D eigenvalue weighted by molar-refractivity contribution is -0.000113. The van der Waals surface area contributed by atoms with Crippen LogP contribution in [0.2, 0.25) is 0 Å². The van der Waals surface area contributed by atoms with Gasteiger partial charge in [-0.2, -0.15) is 0 Å². The minimum atomic E-state index is -2.61. The zero-order valence-corrected chi connectivity index (χ0v) is 19.6. The Morgan fingerprint density at radius 2 is 1.66 bits per heavy atom. The predicted molar refractivity (Wildman–Crippen MR) is 127 cm³/mol. The van der Waals surface area contributed by atoms with E-state index in [0.717, 1.165) is 0 Å². The van der Waals surface area contributed by atoms with Gasteiger partial charge in [-0.3, -0.25) is 9.78 Å². The normalized spacial score (nSPS) is 22.9. The number of carbonyl (C=O) groups is 1. The Labute approximate surface area is 202 Å². The molecule has 0 bridgehead atoms. The molecule has 2 fully saturated rings. The van der Waals surface area contributed by atoms with Gasteiger partial charge in [-0.05, 0) is 36.8 Å². The summed E-state index contributed by atoms with van der Waals surface area (Å²) in [4.78, 5) is 26.3. The number of fused-ring (bicyclic) bond motifs is 1. The maximum absolute atomic E-state index is 14.8. The number of benzene rings is 1. The predicted octanol–water partition coefficient (Wildman–Crippen LogP) is 6.59. The van der Waals surface area contributed by atoms with Crippen LogP contribution >= 0.6 is 0 Å². The molecule has 5 nitrogen and oxygen atoms in total. The molecular formula is C27H27F3N4O. The highest BCUT2D eigenvalue weighted by atomic mass is 19.3. The first-order chi connectivity index (χ1) is 16.7. The molecule has 2 atom stereocenters. The van der Waals surface area contributed by atoms with E-state index < -0.39 is 17.6 Å². The van der Waals surface area contributed by atoms with Gasteiger partial charge in [-0.15, -0.1) is 0 Å². The molecule has 2 aliphatic rings. The molecule has 2 unspecified atom stereocenters. The van der Waals surface area contributed by atoms with Crippen LogP contribution in [-0.2, 0) is 0 Å². The zero-order chi connectivity index (χ0) is 24.7. The Morgan fingerprint density at radius 3 is 2.29 bits per heavy atom. The maximum Gasteiger partial charge on any atom is 0.258 e. The van der Waals surface area contributed by atoms with Gasteiger partial charge in [0, 0.05) is 54.4 Å². The van der Waals surface area contributed by atoms with Crippen molar-refractivity contribution in [3.8, 4) is 11.1 Å². The topological polar surface area (TPSA) is 67.8 Å². The third-order valence-corrected chi connectivity index (χ3v) is 7.18. The number of halogens is 3. The molecule has 0 spiro atoms. The van der Waals surface area contributed by atoms with E-state index in [0.29, 0.717) is 41.2 Å². The first-order valence-electron chi connectivity index (χ1n) is 12.0. The third kappa shape index (κ3) is 4.66. The summed E-state index contributed by atoms with van der Waals surface area (Å²) in [5.74, 6) is -2.96. The molecule has 0 saturated heterocycles. The number of anilines is 1. The molecule has 1 N–H and O–H groups in total. The number of pyridine rings is 1. The summed E-state index contributed by atoms with van der Waals surface area (Å²) in [6.45, 7) is 3.93. The van der Waals surface area contributed by atoms with Gasteiger partial charge in [-0.25, -0.2) is 23.1 Å². The van der Waals surface area contributed by atoms with E-state index >= 15 is 0 Å². The third-order valence-electron chi connectivity index (χ3n) is 7.18. The van der Waals surface area contributed by atoms with Gasteiger partial charge in [0.05, 0.1) is 16.9 Å². The van der Waals surface area contributed by atoms with Gasteiger partial charge in [0.1, 0.15) is 11.6 Å². The number of nitrogens with zero attached hydrogens (tertiary/aromatic N) is 3. The molecule has 3 aromatic rings. The molecule has 2 aromatic heterocycles. The SMILES string of the molecule is CC(C)c1ncc(C(=O)Nc2c(-c3ccccc3F)ccnc2C2CC3CC(F)(F)CC3C2)cn1. The summed E-state index contributed by atoms with van der Waals surface area (Å²) in [5, 5.41) is 2.93. The Bertz CT molecular complexity index is 1230. The van der Waals surface area contributed by atoms with Crippen LogP contribution in [0, 0.1) is 17.7 Å². The number of hydrogen-bond acceptors (Lipinski definition) is 4. The average molecular weight is 481 g/mol. The van der Waals surface area contributed by atoms with Crippen molar-refractivity contribution in [3.05, 3.63) is 71.8 Å². The summed E-state index contributed by atoms with van der Waals surface area (Å²) in [5.41, 5.74) is 2.13. The first kappa shape index (κ1) is 23.5. The van der Waals surface area contributed by atoms with Gasteiger partial charge >= 0.3 is 0 Å². The zero-order valence-electron chi connectivity index (χ0n) is 19.6. The van der Waals surface area contributed by atoms with Gasteiger partial charge in [0.25, 0.3) is 5.91 Å². The standard InChI is InChI=1S/C27H27F3N4O/c1-15(2)25-32-13-19(14-33-25)26(35)34-24-21(20-5-3-4-6-22(20)28)7-8-31-23(24)16-9-17-11-27(29,30)12-18(17)10-16/h3-8,13-18H,9-12H2,1-2H3,(H,34,35). The molecule has 2 heterocycles. The van der Waals surface area contributed by atoms with Gasteiger partial charge < -0.3 is 5.32 Å². The van der Waals surface area contributed by atoms with Crippen molar-refractivity contribution in [3.63, 3.8) is 0 Å². The highest BCUT2D eigenvalue weighted by molar-refractivity contribution is 6.06. The Morgan fingerprint density at radius 1 is 1.00 bits per heavy atom. The highest BCUT2D eigenvalue weighted by Gasteiger charge is 2.51. The molecular weight excluding hydrogens is 453 g/mol. The van der Waals surface area contributed by atoms with Crippen LogP contribution in [0.4, 0.5) is 18.9 Å². The van der Waals surface area contributed by atoms with Crippen molar-refractivity contribution in [2.75, 3.05) is 5.32 Å². The molecule has 1 amide bonds. The summed E-state index contributed by atoms with van der Waals surface area (Å²) >= 11 is 0. The maximum atomic E-state index is 14.8. The van der Waals surface area contributed by atoms with E-state index in [1.54, 1.807) is 30.5 Å². The quantitative estimate of drug-likeness (QED) is 0.447. The van der Waals surface area contributed by atoms with Crippen LogP contribution in [0.25, 0.3) is 11.1 Å². The lowest BCUT2D eigenvalue weighted by atomic mass is 9.93. The van der Waals surface area contributed by atoms with Gasteiger partial charge in [0.2, 0.25) is 5.92 Å². The van der Waals surface area contributed by atoms with Gasteiger partial charge in [0.15, 0.2) is 0 Å². The number of aromatic nitrogens is 3. The number of amides is 1. The van der Waals surface area contributed by atoms with E-state index in [4.69, 9.17) is 0 Å². The lowest BCUT2D eigenvalue weighted by Gasteiger charge is -2.20. The first-order valence-corrected chi connectivity index (χ1v) is 12.0. The summed E-state index contributed by atoms with van der Waals surface area (Å²) in [7, 11) is 0. The molecule has 35 heavy (non-hydrogen) atoms. The van der Waals surface area contributed by atoms with Crippen LogP contribution in [-0.4, -0.2) is 26.8 Å². The van der Waals surface area contributed by atoms with Crippen molar-refractivity contribution in [1.29, 1.82) is 0 Å². The Hall–Kier alpha value is -3.29. The van der Waals surface area contributed by atoms with Crippen LogP contribution in [0.1, 0.15) is 73.2 Å². The van der Waals surface area contributed by atoms with Crippen molar-refractivity contribution in [2.24, 2.45) is 11.8 Å². The second-order valence-corrected chi connectivity index (χ2v) is 9.99. The van der Waals surface area contributed by atoms with Crippen LogP contribution < -0.4 is 5.32 Å². The number of hydrogen-bond donors (Lipinski definition) is 1. The summed E-state index contributed by atoms with van der Waals surface area (Å²) < 4.78 is 42.6. The Kier molecular flexibility index (Phi) is 6.07. The van der Waals surface area contributed by atoms with Crippen molar-refractivity contribution in [1.82, 2.24) is 15.0 Å². The summed E-state index contributed by atoms with van der Waals surface area (Å²) in [6.07, 6.45) is 5.46. The monoisotopic (exact) mass is 480 g/mol. The molecule has 0 aliphatic heterocycles. The number of rotatable bonds is 5. The molecule has 8 heteroatoms. The Balaban J connectivity index is 1.51. The number of carbonyl (C=O) groups excluding carboxylic acids is 1. The van der Waals surface area contributed by atoms with E-state index in [2.05, 4.69) is 20.3 Å². The van der Waals surface area contributed by atoms with E-state index in [1.807, 2.05) is 13.8 Å². The summed E-state index contributed by atoms with van der Waals surface area (Å²) in [6, 6.07) is 8.01. The second kappa shape index (κ2) is 9.06. The lowest BCUT2D eigenvalue weighted by Crippen LogP contribution is -2.18. The van der Waals surface area contributed by atoms with Crippen LogP contribution in [0.5, 0.6) is 0 Å². The van der Waals surface area contributed by atoms with E-state index in [9.17, 15) is 18.0 Å². The van der Waals surface area contributed by atoms with Crippen molar-refractivity contribution in [2.45, 2.75) is 57.3 Å². The largest absolute Gasteiger partial charge is 0.320 e. The van der Waals surface area contributed by atoms with E-state index in [1.165, 1.54) is 18.5 Å². The van der Waals surface area contributed by atoms with Crippen molar-refractivity contribution < 1.29 is 18.0 Å². The van der Waals surface area contributed by atoms with Crippen LogP contribution in [0.15, 0.2) is 48.9 Å². The fourth-order valence-corrected chi connectivity index (χ4v) is 5.55. The minimum Gasteiger partial charge on any atom is -0.320 e. The molecule has 182 valence electrons. The van der Waals surface area contributed by atoms with Crippen LogP contribution in [0.3, 0.4) is 0 Å².